The zero-order chi connectivity index (χ0) is 24.9. The van der Waals surface area contributed by atoms with Gasteiger partial charge in [-0.2, -0.15) is 0 Å². The summed E-state index contributed by atoms with van der Waals surface area (Å²) in [5.74, 6) is 0.635. The number of ether oxygens (including phenoxy) is 1. The van der Waals surface area contributed by atoms with Crippen molar-refractivity contribution in [2.75, 3.05) is 13.7 Å². The van der Waals surface area contributed by atoms with Gasteiger partial charge < -0.3 is 9.84 Å². The third kappa shape index (κ3) is 7.84. The van der Waals surface area contributed by atoms with Crippen LogP contribution in [0.5, 0.6) is 5.75 Å². The lowest BCUT2D eigenvalue weighted by molar-refractivity contribution is 0.282. The molecule has 0 amide bonds. The highest BCUT2D eigenvalue weighted by molar-refractivity contribution is 7.90. The number of para-hydroxylation sites is 1. The number of aliphatic hydroxyl groups excluding tert-OH is 1. The summed E-state index contributed by atoms with van der Waals surface area (Å²) in [7, 11) is -2.11. The van der Waals surface area contributed by atoms with Crippen molar-refractivity contribution in [2.24, 2.45) is 0 Å². The van der Waals surface area contributed by atoms with E-state index in [-0.39, 0.29) is 4.90 Å². The summed E-state index contributed by atoms with van der Waals surface area (Å²) in [4.78, 5) is 0.260. The maximum atomic E-state index is 13.4. The fourth-order valence-electron chi connectivity index (χ4n) is 4.67. The van der Waals surface area contributed by atoms with Crippen molar-refractivity contribution in [3.05, 3.63) is 60.3 Å². The van der Waals surface area contributed by atoms with Gasteiger partial charge in [-0.05, 0) is 55.2 Å². The van der Waals surface area contributed by atoms with E-state index in [1.54, 1.807) is 31.4 Å². The smallest absolute Gasteiger partial charge is 0.268 e. The molecule has 0 saturated carbocycles. The Morgan fingerprint density at radius 1 is 0.743 bits per heavy atom. The third-order valence-corrected chi connectivity index (χ3v) is 8.42. The third-order valence-electron chi connectivity index (χ3n) is 6.73. The molecule has 0 unspecified atom stereocenters. The number of nitrogens with zero attached hydrogens (tertiary/aromatic N) is 1. The van der Waals surface area contributed by atoms with Gasteiger partial charge in [0.1, 0.15) is 5.75 Å². The summed E-state index contributed by atoms with van der Waals surface area (Å²) in [6.07, 6.45) is 17.3. The Balaban J connectivity index is 1.47. The van der Waals surface area contributed by atoms with E-state index in [9.17, 15) is 8.42 Å². The molecule has 3 aromatic rings. The normalized spacial score (nSPS) is 11.8. The van der Waals surface area contributed by atoms with Gasteiger partial charge in [0.15, 0.2) is 0 Å². The van der Waals surface area contributed by atoms with Crippen molar-refractivity contribution in [3.8, 4) is 5.75 Å². The van der Waals surface area contributed by atoms with Gasteiger partial charge in [0, 0.05) is 18.2 Å². The van der Waals surface area contributed by atoms with Crippen LogP contribution in [0, 0.1) is 0 Å². The van der Waals surface area contributed by atoms with Gasteiger partial charge in [-0.3, -0.25) is 0 Å². The van der Waals surface area contributed by atoms with Crippen LogP contribution in [0.1, 0.15) is 82.6 Å². The molecule has 192 valence electrons. The van der Waals surface area contributed by atoms with Crippen LogP contribution in [0.2, 0.25) is 0 Å². The fraction of sp³-hybridized carbons (Fsp3) is 0.517. The number of rotatable bonds is 17. The predicted octanol–water partition coefficient (Wildman–Crippen LogP) is 7.10. The number of hydrogen-bond acceptors (Lipinski definition) is 4. The van der Waals surface area contributed by atoms with E-state index in [4.69, 9.17) is 9.84 Å². The SMILES string of the molecule is COc1ccc(S(=O)(=O)n2cc(CCCCCCCCCCCCCCO)c3ccccc32)cc1. The number of hydrogen-bond donors (Lipinski definition) is 1. The standard InChI is InChI=1S/C29H41NO4S/c1-34-26-19-21-27(22-20-26)35(32,33)30-24-25(28-17-13-14-18-29(28)30)16-12-10-8-6-4-2-3-5-7-9-11-15-23-31/h13-14,17-22,24,31H,2-12,15-16,23H2,1H3. The van der Waals surface area contributed by atoms with Gasteiger partial charge >= 0.3 is 0 Å². The molecular formula is C29H41NO4S. The van der Waals surface area contributed by atoms with Gasteiger partial charge in [0.25, 0.3) is 10.0 Å². The highest BCUT2D eigenvalue weighted by Gasteiger charge is 2.21. The predicted molar refractivity (Wildman–Crippen MR) is 144 cm³/mol. The molecule has 6 heteroatoms. The van der Waals surface area contributed by atoms with Gasteiger partial charge in [0.2, 0.25) is 0 Å². The lowest BCUT2D eigenvalue weighted by atomic mass is 10.0. The van der Waals surface area contributed by atoms with E-state index in [2.05, 4.69) is 0 Å². The summed E-state index contributed by atoms with van der Waals surface area (Å²) in [5, 5.41) is 9.82. The first-order valence-corrected chi connectivity index (χ1v) is 14.6. The summed E-state index contributed by atoms with van der Waals surface area (Å²) in [6.45, 7) is 0.324. The molecule has 0 bridgehead atoms. The minimum absolute atomic E-state index is 0.260. The summed E-state index contributed by atoms with van der Waals surface area (Å²) in [5.41, 5.74) is 1.83. The van der Waals surface area contributed by atoms with Crippen LogP contribution in [0.15, 0.2) is 59.6 Å². The average molecular weight is 500 g/mol. The first-order chi connectivity index (χ1) is 17.1. The topological polar surface area (TPSA) is 68.5 Å². The molecule has 0 aliphatic carbocycles. The van der Waals surface area contributed by atoms with Crippen molar-refractivity contribution in [1.82, 2.24) is 3.97 Å². The summed E-state index contributed by atoms with van der Waals surface area (Å²) >= 11 is 0. The maximum Gasteiger partial charge on any atom is 0.268 e. The minimum atomic E-state index is -3.68. The second-order valence-electron chi connectivity index (χ2n) is 9.36. The highest BCUT2D eigenvalue weighted by Crippen LogP contribution is 2.28. The molecule has 0 fully saturated rings. The number of unbranched alkanes of at least 4 members (excludes halogenated alkanes) is 11. The quantitative estimate of drug-likeness (QED) is 0.201. The number of benzene rings is 2. The second-order valence-corrected chi connectivity index (χ2v) is 11.2. The van der Waals surface area contributed by atoms with Crippen LogP contribution in [-0.4, -0.2) is 31.2 Å². The molecular weight excluding hydrogens is 458 g/mol. The van der Waals surface area contributed by atoms with E-state index in [1.165, 1.54) is 61.8 Å². The van der Waals surface area contributed by atoms with Crippen molar-refractivity contribution in [1.29, 1.82) is 0 Å². The largest absolute Gasteiger partial charge is 0.497 e. The molecule has 1 aromatic heterocycles. The van der Waals surface area contributed by atoms with Crippen LogP contribution < -0.4 is 4.74 Å². The Bertz CT molecular complexity index is 1120. The summed E-state index contributed by atoms with van der Waals surface area (Å²) < 4.78 is 33.3. The Labute approximate surface area is 211 Å². The van der Waals surface area contributed by atoms with Gasteiger partial charge in [0.05, 0.1) is 17.5 Å². The number of aliphatic hydroxyl groups is 1. The molecule has 0 spiro atoms. The molecule has 0 aliphatic heterocycles. The van der Waals surface area contributed by atoms with Crippen molar-refractivity contribution >= 4 is 20.9 Å². The second kappa shape index (κ2) is 14.3. The van der Waals surface area contributed by atoms with Gasteiger partial charge in [-0.25, -0.2) is 12.4 Å². The first-order valence-electron chi connectivity index (χ1n) is 13.2. The van der Waals surface area contributed by atoms with E-state index in [0.29, 0.717) is 12.4 Å². The first kappa shape index (κ1) is 27.3. The molecule has 35 heavy (non-hydrogen) atoms. The molecule has 3 rings (SSSR count). The Morgan fingerprint density at radius 3 is 1.86 bits per heavy atom. The van der Waals surface area contributed by atoms with E-state index >= 15 is 0 Å². The van der Waals surface area contributed by atoms with Crippen LogP contribution in [0.4, 0.5) is 0 Å². The lowest BCUT2D eigenvalue weighted by Gasteiger charge is -2.08. The highest BCUT2D eigenvalue weighted by atomic mass is 32.2. The van der Waals surface area contributed by atoms with Crippen molar-refractivity contribution in [3.63, 3.8) is 0 Å². The fourth-order valence-corrected chi connectivity index (χ4v) is 6.06. The van der Waals surface area contributed by atoms with E-state index < -0.39 is 10.0 Å². The monoisotopic (exact) mass is 499 g/mol. The van der Waals surface area contributed by atoms with Crippen molar-refractivity contribution < 1.29 is 18.3 Å². The molecule has 0 radical (unpaired) electrons. The molecule has 1 N–H and O–H groups in total. The van der Waals surface area contributed by atoms with Crippen LogP contribution in [-0.2, 0) is 16.4 Å². The number of methoxy groups -OCH3 is 1. The van der Waals surface area contributed by atoms with Crippen LogP contribution in [0.25, 0.3) is 10.9 Å². The molecule has 5 nitrogen and oxygen atoms in total. The van der Waals surface area contributed by atoms with Gasteiger partial charge in [-0.1, -0.05) is 82.4 Å². The molecule has 0 aliphatic rings. The zero-order valence-corrected chi connectivity index (χ0v) is 21.9. The van der Waals surface area contributed by atoms with Crippen LogP contribution >= 0.6 is 0 Å². The lowest BCUT2D eigenvalue weighted by Crippen LogP contribution is -2.11. The Kier molecular flexibility index (Phi) is 11.1. The average Bonchev–Trinajstić information content (AvgIpc) is 3.26. The number of fused-ring (bicyclic) bond motifs is 1. The summed E-state index contributed by atoms with van der Waals surface area (Å²) in [6, 6.07) is 14.3. The zero-order valence-electron chi connectivity index (χ0n) is 21.1. The number of aryl methyl sites for hydroxylation is 1. The molecule has 1 heterocycles. The molecule has 0 atom stereocenters. The molecule has 0 saturated heterocycles. The van der Waals surface area contributed by atoms with Gasteiger partial charge in [-0.15, -0.1) is 0 Å². The minimum Gasteiger partial charge on any atom is -0.497 e. The van der Waals surface area contributed by atoms with E-state index in [0.717, 1.165) is 42.1 Å². The Morgan fingerprint density at radius 2 is 1.29 bits per heavy atom. The van der Waals surface area contributed by atoms with E-state index in [1.807, 2.05) is 30.5 Å². The molecule has 2 aromatic carbocycles. The maximum absolute atomic E-state index is 13.4. The van der Waals surface area contributed by atoms with Crippen LogP contribution in [0.3, 0.4) is 0 Å². The Hall–Kier alpha value is -2.31. The number of aromatic nitrogens is 1. The van der Waals surface area contributed by atoms with Crippen molar-refractivity contribution in [2.45, 2.75) is 88.4 Å².